The number of rotatable bonds is 5. The van der Waals surface area contributed by atoms with Crippen molar-refractivity contribution in [1.82, 2.24) is 10.2 Å². The second-order valence-electron chi connectivity index (χ2n) is 5.08. The average Bonchev–Trinajstić information content (AvgIpc) is 2.89. The highest BCUT2D eigenvalue weighted by molar-refractivity contribution is 9.10. The van der Waals surface area contributed by atoms with Gasteiger partial charge in [-0.2, -0.15) is 0 Å². The van der Waals surface area contributed by atoms with Crippen LogP contribution >= 0.6 is 15.9 Å². The van der Waals surface area contributed by atoms with Gasteiger partial charge in [-0.15, -0.1) is 0 Å². The molecular formula is C15H23BrN2. The van der Waals surface area contributed by atoms with Crippen molar-refractivity contribution in [2.75, 3.05) is 19.6 Å². The van der Waals surface area contributed by atoms with E-state index >= 15 is 0 Å². The van der Waals surface area contributed by atoms with E-state index in [9.17, 15) is 0 Å². The Balaban J connectivity index is 2.17. The maximum atomic E-state index is 3.68. The van der Waals surface area contributed by atoms with Gasteiger partial charge in [0.15, 0.2) is 0 Å². The Bertz CT molecular complexity index is 375. The summed E-state index contributed by atoms with van der Waals surface area (Å²) < 4.78 is 1.23. The van der Waals surface area contributed by atoms with Crippen LogP contribution in [0.2, 0.25) is 0 Å². The van der Waals surface area contributed by atoms with Crippen LogP contribution < -0.4 is 5.32 Å². The molecule has 0 aromatic heterocycles. The average molecular weight is 311 g/mol. The predicted molar refractivity (Wildman–Crippen MR) is 80.8 cm³/mol. The number of halogens is 1. The fourth-order valence-electron chi connectivity index (χ4n) is 2.87. The number of nitrogens with one attached hydrogen (secondary N) is 1. The molecule has 0 bridgehead atoms. The van der Waals surface area contributed by atoms with Gasteiger partial charge in [0, 0.05) is 23.1 Å². The molecule has 0 amide bonds. The molecule has 1 fully saturated rings. The van der Waals surface area contributed by atoms with Crippen molar-refractivity contribution in [1.29, 1.82) is 0 Å². The zero-order valence-electron chi connectivity index (χ0n) is 11.3. The quantitative estimate of drug-likeness (QED) is 0.894. The first-order chi connectivity index (χ1) is 8.74. The molecule has 2 unspecified atom stereocenters. The normalized spacial score (nSPS) is 21.4. The van der Waals surface area contributed by atoms with E-state index in [-0.39, 0.29) is 0 Å². The lowest BCUT2D eigenvalue weighted by molar-refractivity contribution is 0.153. The van der Waals surface area contributed by atoms with Gasteiger partial charge in [0.25, 0.3) is 0 Å². The summed E-state index contributed by atoms with van der Waals surface area (Å²) in [5.41, 5.74) is 1.40. The third-order valence-electron chi connectivity index (χ3n) is 3.84. The maximum absolute atomic E-state index is 3.68. The van der Waals surface area contributed by atoms with Crippen molar-refractivity contribution < 1.29 is 0 Å². The Hall–Kier alpha value is -0.380. The molecule has 2 rings (SSSR count). The SMILES string of the molecule is CCCN(C1CCNC1)C(C)c1ccccc1Br. The van der Waals surface area contributed by atoms with Gasteiger partial charge in [-0.25, -0.2) is 0 Å². The summed E-state index contributed by atoms with van der Waals surface area (Å²) in [5, 5.41) is 3.48. The molecule has 0 saturated carbocycles. The van der Waals surface area contributed by atoms with Gasteiger partial charge in [-0.1, -0.05) is 41.1 Å². The highest BCUT2D eigenvalue weighted by Gasteiger charge is 2.27. The van der Waals surface area contributed by atoms with Gasteiger partial charge in [0.05, 0.1) is 0 Å². The Morgan fingerprint density at radius 1 is 1.44 bits per heavy atom. The minimum atomic E-state index is 0.477. The molecule has 100 valence electrons. The molecule has 3 heteroatoms. The van der Waals surface area contributed by atoms with E-state index < -0.39 is 0 Å². The Morgan fingerprint density at radius 2 is 2.22 bits per heavy atom. The van der Waals surface area contributed by atoms with E-state index in [0.717, 1.165) is 13.1 Å². The van der Waals surface area contributed by atoms with Crippen LogP contribution in [0.15, 0.2) is 28.7 Å². The second-order valence-corrected chi connectivity index (χ2v) is 5.94. The summed E-state index contributed by atoms with van der Waals surface area (Å²) in [7, 11) is 0. The monoisotopic (exact) mass is 310 g/mol. The Kier molecular flexibility index (Phi) is 5.22. The summed E-state index contributed by atoms with van der Waals surface area (Å²) in [6.07, 6.45) is 2.49. The lowest BCUT2D eigenvalue weighted by Crippen LogP contribution is -2.39. The Labute approximate surface area is 119 Å². The van der Waals surface area contributed by atoms with Gasteiger partial charge >= 0.3 is 0 Å². The van der Waals surface area contributed by atoms with E-state index in [1.54, 1.807) is 0 Å². The van der Waals surface area contributed by atoms with Crippen LogP contribution in [0, 0.1) is 0 Å². The zero-order valence-corrected chi connectivity index (χ0v) is 12.9. The molecule has 1 N–H and O–H groups in total. The molecule has 0 aliphatic carbocycles. The molecule has 1 heterocycles. The predicted octanol–water partition coefficient (Wildman–Crippen LogP) is 3.58. The van der Waals surface area contributed by atoms with Crippen molar-refractivity contribution >= 4 is 15.9 Å². The van der Waals surface area contributed by atoms with Crippen LogP contribution in [0.3, 0.4) is 0 Å². The summed E-state index contributed by atoms with van der Waals surface area (Å²) in [4.78, 5) is 2.65. The fourth-order valence-corrected chi connectivity index (χ4v) is 3.48. The van der Waals surface area contributed by atoms with Crippen molar-refractivity contribution in [2.45, 2.75) is 38.8 Å². The summed E-state index contributed by atoms with van der Waals surface area (Å²) in [6.45, 7) is 8.06. The second kappa shape index (κ2) is 6.69. The molecule has 18 heavy (non-hydrogen) atoms. The van der Waals surface area contributed by atoms with Gasteiger partial charge in [-0.3, -0.25) is 4.90 Å². The third kappa shape index (κ3) is 3.14. The standard InChI is InChI=1S/C15H23BrN2/c1-3-10-18(13-8-9-17-11-13)12(2)14-6-4-5-7-15(14)16/h4-7,12-13,17H,3,8-11H2,1-2H3. The fraction of sp³-hybridized carbons (Fsp3) is 0.600. The summed E-state index contributed by atoms with van der Waals surface area (Å²) in [6, 6.07) is 9.76. The van der Waals surface area contributed by atoms with E-state index in [2.05, 4.69) is 64.3 Å². The van der Waals surface area contributed by atoms with E-state index in [4.69, 9.17) is 0 Å². The first kappa shape index (κ1) is 14.0. The minimum Gasteiger partial charge on any atom is -0.315 e. The topological polar surface area (TPSA) is 15.3 Å². The van der Waals surface area contributed by atoms with Crippen LogP contribution in [-0.2, 0) is 0 Å². The first-order valence-electron chi connectivity index (χ1n) is 6.95. The van der Waals surface area contributed by atoms with Gasteiger partial charge in [-0.05, 0) is 44.5 Å². The van der Waals surface area contributed by atoms with Gasteiger partial charge in [0.1, 0.15) is 0 Å². The lowest BCUT2D eigenvalue weighted by Gasteiger charge is -2.34. The molecule has 1 aliphatic rings. The third-order valence-corrected chi connectivity index (χ3v) is 4.56. The zero-order chi connectivity index (χ0) is 13.0. The first-order valence-corrected chi connectivity index (χ1v) is 7.74. The number of benzene rings is 1. The molecule has 2 atom stereocenters. The molecule has 1 saturated heterocycles. The molecule has 0 radical (unpaired) electrons. The largest absolute Gasteiger partial charge is 0.315 e. The number of hydrogen-bond acceptors (Lipinski definition) is 2. The highest BCUT2D eigenvalue weighted by Crippen LogP contribution is 2.30. The highest BCUT2D eigenvalue weighted by atomic mass is 79.9. The Morgan fingerprint density at radius 3 is 2.83 bits per heavy atom. The molecular weight excluding hydrogens is 288 g/mol. The van der Waals surface area contributed by atoms with Crippen molar-refractivity contribution in [2.24, 2.45) is 0 Å². The van der Waals surface area contributed by atoms with E-state index in [0.29, 0.717) is 12.1 Å². The lowest BCUT2D eigenvalue weighted by atomic mass is 10.0. The number of nitrogens with zero attached hydrogens (tertiary/aromatic N) is 1. The van der Waals surface area contributed by atoms with Gasteiger partial charge in [0.2, 0.25) is 0 Å². The van der Waals surface area contributed by atoms with Crippen LogP contribution in [0.1, 0.15) is 38.3 Å². The minimum absolute atomic E-state index is 0.477. The van der Waals surface area contributed by atoms with Crippen molar-refractivity contribution in [3.05, 3.63) is 34.3 Å². The van der Waals surface area contributed by atoms with Crippen LogP contribution in [-0.4, -0.2) is 30.6 Å². The van der Waals surface area contributed by atoms with E-state index in [1.807, 2.05) is 0 Å². The van der Waals surface area contributed by atoms with E-state index in [1.165, 1.54) is 29.4 Å². The van der Waals surface area contributed by atoms with Crippen LogP contribution in [0.25, 0.3) is 0 Å². The van der Waals surface area contributed by atoms with Crippen molar-refractivity contribution in [3.63, 3.8) is 0 Å². The summed E-state index contributed by atoms with van der Waals surface area (Å²) >= 11 is 3.68. The summed E-state index contributed by atoms with van der Waals surface area (Å²) in [5.74, 6) is 0. The molecule has 1 aromatic carbocycles. The number of hydrogen-bond donors (Lipinski definition) is 1. The van der Waals surface area contributed by atoms with Gasteiger partial charge < -0.3 is 5.32 Å². The molecule has 2 nitrogen and oxygen atoms in total. The van der Waals surface area contributed by atoms with Crippen LogP contribution in [0.4, 0.5) is 0 Å². The van der Waals surface area contributed by atoms with Crippen molar-refractivity contribution in [3.8, 4) is 0 Å². The van der Waals surface area contributed by atoms with Crippen LogP contribution in [0.5, 0.6) is 0 Å². The maximum Gasteiger partial charge on any atom is 0.0334 e. The molecule has 1 aliphatic heterocycles. The molecule has 1 aromatic rings. The molecule has 0 spiro atoms. The smallest absolute Gasteiger partial charge is 0.0334 e.